The number of nitrogens with one attached hydrogen (secondary N) is 1. The maximum atomic E-state index is 12.8. The predicted octanol–water partition coefficient (Wildman–Crippen LogP) is 3.62. The van der Waals surface area contributed by atoms with E-state index >= 15 is 0 Å². The van der Waals surface area contributed by atoms with E-state index in [1.807, 2.05) is 0 Å². The maximum absolute atomic E-state index is 12.8. The number of benzene rings is 1. The number of hydrogen-bond donors (Lipinski definition) is 1. The van der Waals surface area contributed by atoms with Crippen molar-refractivity contribution in [3.05, 3.63) is 82.3 Å². The molecule has 11 heteroatoms. The second-order valence-corrected chi connectivity index (χ2v) is 7.12. The summed E-state index contributed by atoms with van der Waals surface area (Å²) >= 11 is 6.06. The minimum atomic E-state index is -0.746. The third-order valence-electron chi connectivity index (χ3n) is 4.52. The summed E-state index contributed by atoms with van der Waals surface area (Å²) in [5, 5.41) is 2.77. The van der Waals surface area contributed by atoms with Crippen LogP contribution in [0.5, 0.6) is 5.75 Å². The minimum Gasteiger partial charge on any atom is -0.463 e. The Bertz CT molecular complexity index is 1280. The molecule has 1 fully saturated rings. The van der Waals surface area contributed by atoms with E-state index in [2.05, 4.69) is 10.1 Å². The van der Waals surface area contributed by atoms with Gasteiger partial charge in [0.2, 0.25) is 11.5 Å². The number of amides is 3. The first-order chi connectivity index (χ1) is 15.9. The SMILES string of the molecule is COC(=O)c1ccc(CN2C(=O)N/C(=C\c3cc(Cl)ccc3OC(=O)c3ccco3)C2=O)o1. The minimum absolute atomic E-state index is 0.00949. The number of imide groups is 1. The number of carbonyl (C=O) groups excluding carboxylic acids is 4. The van der Waals surface area contributed by atoms with Crippen molar-refractivity contribution >= 4 is 41.6 Å². The predicted molar refractivity (Wildman–Crippen MR) is 112 cm³/mol. The Morgan fingerprint density at radius 3 is 2.67 bits per heavy atom. The van der Waals surface area contributed by atoms with Crippen molar-refractivity contribution in [2.75, 3.05) is 7.11 Å². The lowest BCUT2D eigenvalue weighted by atomic mass is 10.1. The van der Waals surface area contributed by atoms with Gasteiger partial charge < -0.3 is 23.6 Å². The number of rotatable bonds is 6. The Labute approximate surface area is 191 Å². The number of halogens is 1. The molecule has 0 atom stereocenters. The van der Waals surface area contributed by atoms with Crippen molar-refractivity contribution in [2.24, 2.45) is 0 Å². The summed E-state index contributed by atoms with van der Waals surface area (Å²) in [7, 11) is 1.20. The lowest BCUT2D eigenvalue weighted by Crippen LogP contribution is -2.30. The molecule has 0 spiro atoms. The zero-order valence-electron chi connectivity index (χ0n) is 17.0. The van der Waals surface area contributed by atoms with Crippen molar-refractivity contribution < 1.29 is 37.5 Å². The van der Waals surface area contributed by atoms with Gasteiger partial charge >= 0.3 is 18.0 Å². The number of nitrogens with zero attached hydrogens (tertiary/aromatic N) is 1. The molecule has 3 amide bonds. The standard InChI is InChI=1S/C22H15ClN2O8/c1-30-20(27)18-7-5-14(32-18)11-25-19(26)15(24-22(25)29)10-12-9-13(23)4-6-16(12)33-21(28)17-3-2-8-31-17/h2-10H,11H2,1H3,(H,24,29)/b15-10-. The van der Waals surface area contributed by atoms with Crippen molar-refractivity contribution in [1.82, 2.24) is 10.2 Å². The number of esters is 2. The molecule has 4 rings (SSSR count). The van der Waals surface area contributed by atoms with Crippen molar-refractivity contribution in [3.8, 4) is 5.75 Å². The van der Waals surface area contributed by atoms with Gasteiger partial charge in [-0.2, -0.15) is 0 Å². The van der Waals surface area contributed by atoms with E-state index in [1.165, 1.54) is 61.9 Å². The van der Waals surface area contributed by atoms with Crippen LogP contribution in [0.25, 0.3) is 6.08 Å². The summed E-state index contributed by atoms with van der Waals surface area (Å²) in [6.45, 7) is -0.213. The smallest absolute Gasteiger partial charge is 0.379 e. The zero-order chi connectivity index (χ0) is 23.5. The lowest BCUT2D eigenvalue weighted by molar-refractivity contribution is -0.123. The van der Waals surface area contributed by atoms with Crippen LogP contribution in [0.1, 0.15) is 32.4 Å². The maximum Gasteiger partial charge on any atom is 0.379 e. The number of carbonyl (C=O) groups is 4. The van der Waals surface area contributed by atoms with E-state index in [1.54, 1.807) is 0 Å². The molecule has 1 N–H and O–H groups in total. The van der Waals surface area contributed by atoms with E-state index in [0.717, 1.165) is 4.90 Å². The third-order valence-corrected chi connectivity index (χ3v) is 4.76. The number of ether oxygens (including phenoxy) is 2. The van der Waals surface area contributed by atoms with E-state index in [0.29, 0.717) is 5.02 Å². The molecule has 2 aromatic heterocycles. The molecule has 0 saturated carbocycles. The van der Waals surface area contributed by atoms with Crippen LogP contribution in [0.3, 0.4) is 0 Å². The summed E-state index contributed by atoms with van der Waals surface area (Å²) in [5.74, 6) is -1.85. The molecule has 0 bridgehead atoms. The summed E-state index contributed by atoms with van der Waals surface area (Å²) in [5.41, 5.74) is 0.205. The van der Waals surface area contributed by atoms with E-state index in [4.69, 9.17) is 25.2 Å². The second kappa shape index (κ2) is 9.05. The van der Waals surface area contributed by atoms with Crippen LogP contribution in [0.2, 0.25) is 5.02 Å². The molecule has 168 valence electrons. The van der Waals surface area contributed by atoms with Crippen LogP contribution < -0.4 is 10.1 Å². The summed E-state index contributed by atoms with van der Waals surface area (Å²) in [4.78, 5) is 49.8. The molecule has 1 aromatic carbocycles. The molecule has 1 aliphatic rings. The van der Waals surface area contributed by atoms with Gasteiger partial charge in [-0.05, 0) is 48.5 Å². The highest BCUT2D eigenvalue weighted by atomic mass is 35.5. The molecule has 10 nitrogen and oxygen atoms in total. The highest BCUT2D eigenvalue weighted by molar-refractivity contribution is 6.30. The van der Waals surface area contributed by atoms with Crippen LogP contribution in [-0.4, -0.2) is 35.9 Å². The largest absolute Gasteiger partial charge is 0.463 e. The average Bonchev–Trinajstić information content (AvgIpc) is 3.54. The van der Waals surface area contributed by atoms with E-state index in [9.17, 15) is 19.2 Å². The van der Waals surface area contributed by atoms with Gasteiger partial charge in [0.1, 0.15) is 17.2 Å². The Kier molecular flexibility index (Phi) is 6.01. The molecule has 3 heterocycles. The van der Waals surface area contributed by atoms with Crippen molar-refractivity contribution in [2.45, 2.75) is 6.54 Å². The van der Waals surface area contributed by atoms with Gasteiger partial charge in [-0.3, -0.25) is 9.69 Å². The summed E-state index contributed by atoms with van der Waals surface area (Å²) in [6.07, 6.45) is 2.66. The van der Waals surface area contributed by atoms with Gasteiger partial charge in [-0.15, -0.1) is 0 Å². The Morgan fingerprint density at radius 1 is 1.12 bits per heavy atom. The van der Waals surface area contributed by atoms with Crippen molar-refractivity contribution in [1.29, 1.82) is 0 Å². The van der Waals surface area contributed by atoms with Crippen LogP contribution in [-0.2, 0) is 16.1 Å². The normalized spacial score (nSPS) is 14.5. The average molecular weight is 471 g/mol. The van der Waals surface area contributed by atoms with Gasteiger partial charge in [0.15, 0.2) is 0 Å². The number of methoxy groups -OCH3 is 1. The van der Waals surface area contributed by atoms with Crippen LogP contribution in [0.4, 0.5) is 4.79 Å². The molecule has 0 unspecified atom stereocenters. The highest BCUT2D eigenvalue weighted by Crippen LogP contribution is 2.27. The number of hydrogen-bond acceptors (Lipinski definition) is 8. The quantitative estimate of drug-likeness (QED) is 0.250. The fraction of sp³-hybridized carbons (Fsp3) is 0.0909. The Morgan fingerprint density at radius 2 is 1.94 bits per heavy atom. The first-order valence-electron chi connectivity index (χ1n) is 9.42. The monoisotopic (exact) mass is 470 g/mol. The van der Waals surface area contributed by atoms with Crippen LogP contribution in [0.15, 0.2) is 63.3 Å². The van der Waals surface area contributed by atoms with Crippen LogP contribution >= 0.6 is 11.6 Å². The first-order valence-corrected chi connectivity index (χ1v) is 9.80. The first kappa shape index (κ1) is 21.9. The lowest BCUT2D eigenvalue weighted by Gasteiger charge is -2.09. The molecule has 0 radical (unpaired) electrons. The van der Waals surface area contributed by atoms with E-state index < -0.39 is 23.9 Å². The summed E-state index contributed by atoms with van der Waals surface area (Å²) in [6, 6.07) is 9.54. The van der Waals surface area contributed by atoms with Gasteiger partial charge in [0.05, 0.1) is 19.9 Å². The third kappa shape index (κ3) is 4.65. The highest BCUT2D eigenvalue weighted by Gasteiger charge is 2.34. The van der Waals surface area contributed by atoms with E-state index in [-0.39, 0.29) is 40.8 Å². The molecule has 33 heavy (non-hydrogen) atoms. The van der Waals surface area contributed by atoms with Gasteiger partial charge in [0, 0.05) is 10.6 Å². The van der Waals surface area contributed by atoms with Crippen LogP contribution in [0, 0.1) is 0 Å². The molecule has 1 saturated heterocycles. The molecular formula is C22H15ClN2O8. The second-order valence-electron chi connectivity index (χ2n) is 6.69. The number of furan rings is 2. The molecule has 0 aliphatic carbocycles. The topological polar surface area (TPSA) is 128 Å². The fourth-order valence-corrected chi connectivity index (χ4v) is 3.15. The van der Waals surface area contributed by atoms with Gasteiger partial charge in [-0.1, -0.05) is 11.6 Å². The van der Waals surface area contributed by atoms with Gasteiger partial charge in [0.25, 0.3) is 5.91 Å². The molecular weight excluding hydrogens is 456 g/mol. The zero-order valence-corrected chi connectivity index (χ0v) is 17.8. The molecule has 1 aliphatic heterocycles. The Balaban J connectivity index is 1.56. The number of urea groups is 1. The van der Waals surface area contributed by atoms with Crippen molar-refractivity contribution in [3.63, 3.8) is 0 Å². The van der Waals surface area contributed by atoms with Gasteiger partial charge in [-0.25, -0.2) is 14.4 Å². The molecule has 3 aromatic rings. The summed E-state index contributed by atoms with van der Waals surface area (Å²) < 4.78 is 20.2. The Hall–Kier alpha value is -4.31. The fourth-order valence-electron chi connectivity index (χ4n) is 2.97.